The molecule has 0 aliphatic carbocycles. The summed E-state index contributed by atoms with van der Waals surface area (Å²) >= 11 is 0. The number of rotatable bonds is 3. The van der Waals surface area contributed by atoms with E-state index in [9.17, 15) is 4.79 Å². The lowest BCUT2D eigenvalue weighted by Crippen LogP contribution is -2.23. The van der Waals surface area contributed by atoms with Gasteiger partial charge in [0.25, 0.3) is 0 Å². The summed E-state index contributed by atoms with van der Waals surface area (Å²) < 4.78 is 12.1. The fourth-order valence-electron chi connectivity index (χ4n) is 2.75. The lowest BCUT2D eigenvalue weighted by molar-refractivity contribution is -0.143. The molecule has 1 aromatic carbocycles. The monoisotopic (exact) mass is 286 g/mol. The molecule has 2 heterocycles. The highest BCUT2D eigenvalue weighted by molar-refractivity contribution is 5.77. The van der Waals surface area contributed by atoms with Gasteiger partial charge in [-0.2, -0.15) is 0 Å². The maximum atomic E-state index is 11.9. The van der Waals surface area contributed by atoms with Crippen molar-refractivity contribution in [3.05, 3.63) is 36.3 Å². The van der Waals surface area contributed by atoms with E-state index in [1.165, 1.54) is 7.11 Å². The minimum Gasteiger partial charge on any atom is -0.497 e. The zero-order chi connectivity index (χ0) is 14.8. The van der Waals surface area contributed by atoms with Crippen LogP contribution in [0.4, 0.5) is 0 Å². The first-order valence-electron chi connectivity index (χ1n) is 7.02. The van der Waals surface area contributed by atoms with Crippen LogP contribution in [0.1, 0.15) is 24.6 Å². The number of hydrogen-bond donors (Lipinski definition) is 0. The molecule has 21 heavy (non-hydrogen) atoms. The summed E-state index contributed by atoms with van der Waals surface area (Å²) in [6.07, 6.45) is 3.77. The van der Waals surface area contributed by atoms with Gasteiger partial charge in [0.05, 0.1) is 19.9 Å². The topological polar surface area (TPSA) is 53.4 Å². The van der Waals surface area contributed by atoms with Crippen LogP contribution >= 0.6 is 0 Å². The molecule has 1 aliphatic heterocycles. The molecule has 0 amide bonds. The van der Waals surface area contributed by atoms with Gasteiger partial charge in [-0.3, -0.25) is 4.79 Å². The largest absolute Gasteiger partial charge is 0.497 e. The van der Waals surface area contributed by atoms with Crippen molar-refractivity contribution >= 4 is 5.97 Å². The second-order valence-electron chi connectivity index (χ2n) is 5.12. The summed E-state index contributed by atoms with van der Waals surface area (Å²) in [6.45, 7) is 0.895. The van der Waals surface area contributed by atoms with Crippen molar-refractivity contribution in [1.82, 2.24) is 9.55 Å². The number of esters is 1. The van der Waals surface area contributed by atoms with Gasteiger partial charge in [0.2, 0.25) is 0 Å². The van der Waals surface area contributed by atoms with Crippen LogP contribution < -0.4 is 4.74 Å². The van der Waals surface area contributed by atoms with Gasteiger partial charge in [0.1, 0.15) is 17.5 Å². The number of carbonyl (C=O) groups is 1. The Bertz CT molecular complexity index is 646. The molecule has 0 fully saturated rings. The highest BCUT2D eigenvalue weighted by Crippen LogP contribution is 2.31. The molecule has 0 N–H and O–H groups in total. The number of aryl methyl sites for hydroxylation is 1. The third-order valence-electron chi connectivity index (χ3n) is 3.88. The van der Waals surface area contributed by atoms with Gasteiger partial charge in [0, 0.05) is 18.3 Å². The number of hydrogen-bond acceptors (Lipinski definition) is 4. The smallest absolute Gasteiger partial charge is 0.316 e. The molecule has 1 unspecified atom stereocenters. The maximum Gasteiger partial charge on any atom is 0.316 e. The molecular weight excluding hydrogens is 268 g/mol. The van der Waals surface area contributed by atoms with Gasteiger partial charge in [-0.25, -0.2) is 4.98 Å². The van der Waals surface area contributed by atoms with E-state index in [0.29, 0.717) is 0 Å². The fourth-order valence-corrected chi connectivity index (χ4v) is 2.75. The number of fused-ring (bicyclic) bond motifs is 1. The molecule has 0 spiro atoms. The Morgan fingerprint density at radius 2 is 2.05 bits per heavy atom. The highest BCUT2D eigenvalue weighted by atomic mass is 16.5. The summed E-state index contributed by atoms with van der Waals surface area (Å²) in [7, 11) is 3.07. The number of methoxy groups -OCH3 is 2. The standard InChI is InChI=1S/C16H18N2O3/c1-20-12-7-5-11(6-8-12)14-10-18-9-3-4-13(15(18)17-14)16(19)21-2/h5-8,10,13H,3-4,9H2,1-2H3. The SMILES string of the molecule is COC(=O)C1CCCn2cc(-c3ccc(OC)cc3)nc21. The first kappa shape index (κ1) is 13.7. The van der Waals surface area contributed by atoms with Gasteiger partial charge >= 0.3 is 5.97 Å². The quantitative estimate of drug-likeness (QED) is 0.814. The molecule has 1 aromatic heterocycles. The Balaban J connectivity index is 1.95. The van der Waals surface area contributed by atoms with Gasteiger partial charge in [-0.15, -0.1) is 0 Å². The molecule has 5 nitrogen and oxygen atoms in total. The Hall–Kier alpha value is -2.30. The van der Waals surface area contributed by atoms with Crippen molar-refractivity contribution in [1.29, 1.82) is 0 Å². The number of carbonyl (C=O) groups excluding carboxylic acids is 1. The molecule has 1 aliphatic rings. The van der Waals surface area contributed by atoms with E-state index in [2.05, 4.69) is 9.55 Å². The van der Waals surface area contributed by atoms with Crippen LogP contribution in [-0.2, 0) is 16.1 Å². The maximum absolute atomic E-state index is 11.9. The molecule has 5 heteroatoms. The predicted octanol–water partition coefficient (Wildman–Crippen LogP) is 2.61. The molecule has 0 saturated carbocycles. The van der Waals surface area contributed by atoms with E-state index in [4.69, 9.17) is 9.47 Å². The molecular formula is C16H18N2O3. The number of aromatic nitrogens is 2. The van der Waals surface area contributed by atoms with Crippen molar-refractivity contribution in [2.24, 2.45) is 0 Å². The summed E-state index contributed by atoms with van der Waals surface area (Å²) in [6, 6.07) is 7.76. The van der Waals surface area contributed by atoms with Crippen molar-refractivity contribution < 1.29 is 14.3 Å². The molecule has 0 saturated heterocycles. The van der Waals surface area contributed by atoms with E-state index in [0.717, 1.165) is 42.2 Å². The molecule has 2 aromatic rings. The van der Waals surface area contributed by atoms with Crippen LogP contribution in [0.2, 0.25) is 0 Å². The van der Waals surface area contributed by atoms with Crippen molar-refractivity contribution in [3.8, 4) is 17.0 Å². The summed E-state index contributed by atoms with van der Waals surface area (Å²) in [5, 5.41) is 0. The number of imidazole rings is 1. The van der Waals surface area contributed by atoms with Crippen molar-refractivity contribution in [3.63, 3.8) is 0 Å². The molecule has 0 radical (unpaired) electrons. The second kappa shape index (κ2) is 5.60. The molecule has 0 bridgehead atoms. The van der Waals surface area contributed by atoms with Crippen molar-refractivity contribution in [2.75, 3.05) is 14.2 Å². The number of ether oxygens (including phenoxy) is 2. The first-order valence-corrected chi connectivity index (χ1v) is 7.02. The molecule has 1 atom stereocenters. The van der Waals surface area contributed by atoms with Gasteiger partial charge in [-0.05, 0) is 37.1 Å². The second-order valence-corrected chi connectivity index (χ2v) is 5.12. The third-order valence-corrected chi connectivity index (χ3v) is 3.88. The van der Waals surface area contributed by atoms with Crippen LogP contribution in [0.3, 0.4) is 0 Å². The van der Waals surface area contributed by atoms with Crippen LogP contribution in [0.5, 0.6) is 5.75 Å². The average Bonchev–Trinajstić information content (AvgIpc) is 2.98. The average molecular weight is 286 g/mol. The predicted molar refractivity (Wildman–Crippen MR) is 78.2 cm³/mol. The van der Waals surface area contributed by atoms with E-state index in [1.54, 1.807) is 7.11 Å². The van der Waals surface area contributed by atoms with Gasteiger partial charge in [-0.1, -0.05) is 0 Å². The van der Waals surface area contributed by atoms with Gasteiger partial charge < -0.3 is 14.0 Å². The Kier molecular flexibility index (Phi) is 3.64. The summed E-state index contributed by atoms with van der Waals surface area (Å²) in [5.74, 6) is 1.16. The Labute approximate surface area is 123 Å². The number of nitrogens with zero attached hydrogens (tertiary/aromatic N) is 2. The lowest BCUT2D eigenvalue weighted by Gasteiger charge is -2.20. The van der Waals surface area contributed by atoms with Crippen LogP contribution in [-0.4, -0.2) is 29.7 Å². The zero-order valence-corrected chi connectivity index (χ0v) is 12.2. The third kappa shape index (κ3) is 2.51. The molecule has 110 valence electrons. The summed E-state index contributed by atoms with van der Waals surface area (Å²) in [4.78, 5) is 16.5. The summed E-state index contributed by atoms with van der Waals surface area (Å²) in [5.41, 5.74) is 1.89. The first-order chi connectivity index (χ1) is 10.2. The lowest BCUT2D eigenvalue weighted by atomic mass is 9.99. The fraction of sp³-hybridized carbons (Fsp3) is 0.375. The van der Waals surface area contributed by atoms with Crippen LogP contribution in [0.15, 0.2) is 30.5 Å². The van der Waals surface area contributed by atoms with Crippen LogP contribution in [0, 0.1) is 0 Å². The normalized spacial score (nSPS) is 17.1. The zero-order valence-electron chi connectivity index (χ0n) is 12.2. The molecule has 3 rings (SSSR count). The minimum atomic E-state index is -0.254. The van der Waals surface area contributed by atoms with Crippen molar-refractivity contribution in [2.45, 2.75) is 25.3 Å². The van der Waals surface area contributed by atoms with Crippen LogP contribution in [0.25, 0.3) is 11.3 Å². The highest BCUT2D eigenvalue weighted by Gasteiger charge is 2.29. The number of benzene rings is 1. The Morgan fingerprint density at radius 1 is 1.29 bits per heavy atom. The van der Waals surface area contributed by atoms with E-state index >= 15 is 0 Å². The Morgan fingerprint density at radius 3 is 2.71 bits per heavy atom. The minimum absolute atomic E-state index is 0.206. The van der Waals surface area contributed by atoms with E-state index in [-0.39, 0.29) is 11.9 Å². The van der Waals surface area contributed by atoms with Gasteiger partial charge in [0.15, 0.2) is 0 Å². The van der Waals surface area contributed by atoms with E-state index < -0.39 is 0 Å². The van der Waals surface area contributed by atoms with E-state index in [1.807, 2.05) is 30.5 Å².